The maximum atomic E-state index is 13.8. The maximum Gasteiger partial charge on any atom is 0.337 e. The monoisotopic (exact) mass is 468 g/mol. The van der Waals surface area contributed by atoms with Gasteiger partial charge in [0.1, 0.15) is 18.4 Å². The Balaban J connectivity index is 0.000000311. The van der Waals surface area contributed by atoms with E-state index in [1.807, 2.05) is 13.7 Å². The summed E-state index contributed by atoms with van der Waals surface area (Å²) in [7, 11) is 0. The molecule has 0 amide bonds. The van der Waals surface area contributed by atoms with E-state index in [-0.39, 0.29) is 22.8 Å². The van der Waals surface area contributed by atoms with Crippen LogP contribution in [0.15, 0.2) is 67.0 Å². The highest BCUT2D eigenvalue weighted by atomic mass is 19.1. The van der Waals surface area contributed by atoms with Gasteiger partial charge in [-0.1, -0.05) is 6.07 Å². The largest absolute Gasteiger partial charge is 0.478 e. The Morgan fingerprint density at radius 1 is 1.03 bits per heavy atom. The summed E-state index contributed by atoms with van der Waals surface area (Å²) in [5.74, 6) is -1.56. The van der Waals surface area contributed by atoms with Crippen molar-refractivity contribution in [3.8, 4) is 22.9 Å². The number of pyridine rings is 1. The Bertz CT molecular complexity index is 1280. The molecule has 0 unspecified atom stereocenters. The summed E-state index contributed by atoms with van der Waals surface area (Å²) in [6.45, 7) is 3.87. The molecule has 0 aliphatic rings. The number of nitrogens with one attached hydrogen (secondary N) is 1. The number of rotatable bonds is 4. The topological polar surface area (TPSA) is 144 Å². The highest BCUT2D eigenvalue weighted by Gasteiger charge is 2.10. The Morgan fingerprint density at radius 3 is 2.35 bits per heavy atom. The zero-order valence-electron chi connectivity index (χ0n) is 18.1. The fraction of sp³-hybridized carbons (Fsp3) is 0.0417. The van der Waals surface area contributed by atoms with Crippen molar-refractivity contribution in [1.82, 2.24) is 9.97 Å². The van der Waals surface area contributed by atoms with Crippen LogP contribution in [-0.4, -0.2) is 27.8 Å². The van der Waals surface area contributed by atoms with Crippen LogP contribution in [0, 0.1) is 18.6 Å². The number of aromatic nitrogens is 2. The predicted octanol–water partition coefficient (Wildman–Crippen LogP) is 4.82. The molecule has 34 heavy (non-hydrogen) atoms. The lowest BCUT2D eigenvalue weighted by atomic mass is 10.2. The zero-order chi connectivity index (χ0) is 25.3. The molecule has 4 rings (SSSR count). The van der Waals surface area contributed by atoms with Crippen LogP contribution in [0.1, 0.15) is 15.9 Å². The van der Waals surface area contributed by atoms with Gasteiger partial charge in [0.15, 0.2) is 11.6 Å². The number of nitrogen functional groups attached to an aromatic ring is 2. The Hall–Kier alpha value is -4.73. The van der Waals surface area contributed by atoms with Crippen LogP contribution in [0.3, 0.4) is 0 Å². The number of aromatic carboxylic acids is 1. The van der Waals surface area contributed by atoms with Crippen LogP contribution < -0.4 is 16.2 Å². The van der Waals surface area contributed by atoms with E-state index in [1.54, 1.807) is 24.3 Å². The minimum absolute atomic E-state index is 0.0362. The van der Waals surface area contributed by atoms with E-state index in [9.17, 15) is 13.6 Å². The van der Waals surface area contributed by atoms with E-state index in [0.717, 1.165) is 5.56 Å². The lowest BCUT2D eigenvalue weighted by molar-refractivity contribution is -0.0980. The SMILES string of the molecule is C=O.Cc1ccc(F)c(N)c1.Nc1ccc(Oc2ccnc(-c3cc(C(=O)O)c[nH]3)c2)c(F)c1. The fourth-order valence-electron chi connectivity index (χ4n) is 2.68. The number of H-pyrrole nitrogens is 1. The maximum absolute atomic E-state index is 13.8. The second-order valence-electron chi connectivity index (χ2n) is 6.80. The number of ether oxygens (including phenoxy) is 1. The second kappa shape index (κ2) is 11.8. The first-order chi connectivity index (χ1) is 16.2. The molecule has 6 N–H and O–H groups in total. The summed E-state index contributed by atoms with van der Waals surface area (Å²) in [5.41, 5.74) is 13.4. The number of nitrogens with two attached hydrogens (primary N) is 2. The summed E-state index contributed by atoms with van der Waals surface area (Å²) in [5, 5.41) is 8.93. The van der Waals surface area contributed by atoms with E-state index in [1.165, 1.54) is 42.7 Å². The molecule has 2 aromatic heterocycles. The molecule has 0 aliphatic heterocycles. The van der Waals surface area contributed by atoms with E-state index < -0.39 is 11.8 Å². The molecule has 0 saturated carbocycles. The number of carbonyl (C=O) groups is 2. The number of aryl methyl sites for hydroxylation is 1. The van der Waals surface area contributed by atoms with Gasteiger partial charge in [-0.3, -0.25) is 4.98 Å². The van der Waals surface area contributed by atoms with Gasteiger partial charge in [0.25, 0.3) is 0 Å². The summed E-state index contributed by atoms with van der Waals surface area (Å²) in [4.78, 5) is 25.9. The molecule has 0 fully saturated rings. The van der Waals surface area contributed by atoms with Crippen LogP contribution in [0.4, 0.5) is 20.2 Å². The molecule has 2 aromatic carbocycles. The van der Waals surface area contributed by atoms with Gasteiger partial charge in [0.2, 0.25) is 0 Å². The number of carboxylic acids is 1. The molecule has 8 nitrogen and oxygen atoms in total. The molecule has 0 bridgehead atoms. The van der Waals surface area contributed by atoms with Gasteiger partial charge >= 0.3 is 5.97 Å². The lowest BCUT2D eigenvalue weighted by Gasteiger charge is -2.08. The first-order valence-corrected chi connectivity index (χ1v) is 9.64. The second-order valence-corrected chi connectivity index (χ2v) is 6.80. The van der Waals surface area contributed by atoms with E-state index >= 15 is 0 Å². The first kappa shape index (κ1) is 25.5. The number of carboxylic acid groups (broad SMARTS) is 1. The van der Waals surface area contributed by atoms with E-state index in [0.29, 0.717) is 22.8 Å². The highest BCUT2D eigenvalue weighted by molar-refractivity contribution is 5.89. The first-order valence-electron chi connectivity index (χ1n) is 9.64. The number of hydrogen-bond donors (Lipinski definition) is 4. The van der Waals surface area contributed by atoms with Crippen molar-refractivity contribution in [2.24, 2.45) is 0 Å². The molecule has 0 saturated heterocycles. The van der Waals surface area contributed by atoms with Gasteiger partial charge in [0.05, 0.1) is 22.6 Å². The van der Waals surface area contributed by atoms with Crippen LogP contribution in [0.5, 0.6) is 11.5 Å². The number of carbonyl (C=O) groups excluding carboxylic acids is 1. The normalized spacial score (nSPS) is 9.74. The quantitative estimate of drug-likeness (QED) is 0.314. The summed E-state index contributed by atoms with van der Waals surface area (Å²) in [6.07, 6.45) is 2.85. The van der Waals surface area contributed by atoms with Crippen LogP contribution in [-0.2, 0) is 4.79 Å². The van der Waals surface area contributed by atoms with Gasteiger partial charge in [-0.05, 0) is 48.9 Å². The fourth-order valence-corrected chi connectivity index (χ4v) is 2.68. The van der Waals surface area contributed by atoms with Crippen molar-refractivity contribution in [2.75, 3.05) is 11.5 Å². The molecule has 0 spiro atoms. The molecule has 4 aromatic rings. The number of benzene rings is 2. The number of halogens is 2. The summed E-state index contributed by atoms with van der Waals surface area (Å²) < 4.78 is 31.6. The summed E-state index contributed by atoms with van der Waals surface area (Å²) in [6, 6.07) is 13.4. The average Bonchev–Trinajstić information content (AvgIpc) is 3.31. The summed E-state index contributed by atoms with van der Waals surface area (Å²) >= 11 is 0. The Kier molecular flexibility index (Phi) is 8.83. The third-order valence-corrected chi connectivity index (χ3v) is 4.27. The molecular formula is C24H22F2N4O4. The smallest absolute Gasteiger partial charge is 0.337 e. The Labute approximate surface area is 193 Å². The van der Waals surface area contributed by atoms with Crippen LogP contribution in [0.25, 0.3) is 11.4 Å². The standard InChI is InChI=1S/C16H12FN3O3.C7H8FN.CH2O/c17-12-6-10(18)1-2-15(12)23-11-3-4-19-14(7-11)13-5-9(8-20-13)16(21)22;1-5-2-3-6(8)7(9)4-5;1-2/h1-8,20H,18H2,(H,21,22);2-4H,9H2,1H3;1H2. The number of anilines is 2. The van der Waals surface area contributed by atoms with Crippen LogP contribution in [0.2, 0.25) is 0 Å². The molecule has 0 radical (unpaired) electrons. The highest BCUT2D eigenvalue weighted by Crippen LogP contribution is 2.28. The van der Waals surface area contributed by atoms with Crippen LogP contribution >= 0.6 is 0 Å². The minimum atomic E-state index is -1.04. The van der Waals surface area contributed by atoms with Gasteiger partial charge in [-0.2, -0.15) is 0 Å². The average molecular weight is 468 g/mol. The number of aromatic amines is 1. The third-order valence-electron chi connectivity index (χ3n) is 4.27. The molecule has 2 heterocycles. The van der Waals surface area contributed by atoms with Crippen molar-refractivity contribution in [1.29, 1.82) is 0 Å². The van der Waals surface area contributed by atoms with Gasteiger partial charge in [-0.15, -0.1) is 0 Å². The molecule has 176 valence electrons. The molecule has 10 heteroatoms. The van der Waals surface area contributed by atoms with Crippen molar-refractivity contribution < 1.29 is 28.2 Å². The van der Waals surface area contributed by atoms with Gasteiger partial charge in [0, 0.05) is 30.2 Å². The molecule has 0 atom stereocenters. The van der Waals surface area contributed by atoms with Crippen molar-refractivity contribution in [3.05, 3.63) is 89.8 Å². The van der Waals surface area contributed by atoms with E-state index in [2.05, 4.69) is 9.97 Å². The zero-order valence-corrected chi connectivity index (χ0v) is 18.1. The Morgan fingerprint density at radius 2 is 1.76 bits per heavy atom. The van der Waals surface area contributed by atoms with Gasteiger partial charge < -0.3 is 31.1 Å². The van der Waals surface area contributed by atoms with Crippen molar-refractivity contribution >= 4 is 24.1 Å². The lowest BCUT2D eigenvalue weighted by Crippen LogP contribution is -1.93. The molecular weight excluding hydrogens is 446 g/mol. The third kappa shape index (κ3) is 6.89. The van der Waals surface area contributed by atoms with Crippen molar-refractivity contribution in [2.45, 2.75) is 6.92 Å². The van der Waals surface area contributed by atoms with E-state index in [4.69, 9.17) is 26.1 Å². The van der Waals surface area contributed by atoms with Crippen molar-refractivity contribution in [3.63, 3.8) is 0 Å². The number of hydrogen-bond acceptors (Lipinski definition) is 6. The number of nitrogens with zero attached hydrogens (tertiary/aromatic N) is 1. The molecule has 0 aliphatic carbocycles. The predicted molar refractivity (Wildman–Crippen MR) is 125 cm³/mol. The van der Waals surface area contributed by atoms with Gasteiger partial charge in [-0.25, -0.2) is 13.6 Å². The minimum Gasteiger partial charge on any atom is -0.478 e.